The van der Waals surface area contributed by atoms with E-state index in [2.05, 4.69) is 6.07 Å². The molecule has 0 bridgehead atoms. The van der Waals surface area contributed by atoms with Crippen LogP contribution < -0.4 is 5.30 Å². The van der Waals surface area contributed by atoms with E-state index in [0.29, 0.717) is 6.61 Å². The standard InChI is InChI=1S/C14H20NOPS/c1-4-14(5-2,12-15)17(18,16-6-3)13-10-8-7-9-11-13/h7-11H,4-6H2,1-3H3/t17-/m0/s1. The third-order valence-electron chi connectivity index (χ3n) is 3.35. The monoisotopic (exact) mass is 281 g/mol. The maximum atomic E-state index is 9.63. The molecule has 0 radical (unpaired) electrons. The fourth-order valence-corrected chi connectivity index (χ4v) is 6.50. The van der Waals surface area contributed by atoms with Crippen LogP contribution in [0.5, 0.6) is 0 Å². The Morgan fingerprint density at radius 2 is 1.78 bits per heavy atom. The van der Waals surface area contributed by atoms with Gasteiger partial charge in [0.1, 0.15) is 11.4 Å². The lowest BCUT2D eigenvalue weighted by atomic mass is 10.1. The second kappa shape index (κ2) is 6.48. The van der Waals surface area contributed by atoms with Crippen LogP contribution >= 0.6 is 6.26 Å². The average molecular weight is 281 g/mol. The van der Waals surface area contributed by atoms with Crippen molar-refractivity contribution in [1.82, 2.24) is 0 Å². The van der Waals surface area contributed by atoms with Crippen molar-refractivity contribution in [3.63, 3.8) is 0 Å². The Kier molecular flexibility index (Phi) is 5.53. The highest BCUT2D eigenvalue weighted by atomic mass is 32.4. The van der Waals surface area contributed by atoms with Gasteiger partial charge in [0, 0.05) is 11.9 Å². The van der Waals surface area contributed by atoms with Crippen LogP contribution in [-0.2, 0) is 16.3 Å². The third-order valence-corrected chi connectivity index (χ3v) is 8.80. The molecule has 0 amide bonds. The summed E-state index contributed by atoms with van der Waals surface area (Å²) >= 11 is 5.86. The van der Waals surface area contributed by atoms with Crippen molar-refractivity contribution in [2.45, 2.75) is 38.8 Å². The van der Waals surface area contributed by atoms with Crippen LogP contribution in [0.1, 0.15) is 33.6 Å². The van der Waals surface area contributed by atoms with Crippen LogP contribution in [0.4, 0.5) is 0 Å². The summed E-state index contributed by atoms with van der Waals surface area (Å²) in [6, 6.07) is 12.3. The molecular formula is C14H20NOPS. The topological polar surface area (TPSA) is 33.0 Å². The zero-order valence-corrected chi connectivity index (χ0v) is 12.9. The number of hydrogen-bond acceptors (Lipinski definition) is 3. The largest absolute Gasteiger partial charge is 0.345 e. The van der Waals surface area contributed by atoms with E-state index in [4.69, 9.17) is 16.3 Å². The molecule has 2 nitrogen and oxygen atoms in total. The molecule has 0 aliphatic carbocycles. The fourth-order valence-electron chi connectivity index (χ4n) is 2.14. The smallest absolute Gasteiger partial charge is 0.114 e. The van der Waals surface area contributed by atoms with Gasteiger partial charge in [-0.15, -0.1) is 0 Å². The maximum absolute atomic E-state index is 9.63. The predicted molar refractivity (Wildman–Crippen MR) is 80.9 cm³/mol. The lowest BCUT2D eigenvalue weighted by molar-refractivity contribution is 0.365. The maximum Gasteiger partial charge on any atom is 0.114 e. The molecule has 1 aromatic carbocycles. The van der Waals surface area contributed by atoms with Gasteiger partial charge in [0.25, 0.3) is 0 Å². The Balaban J connectivity index is 3.41. The Morgan fingerprint density at radius 3 is 2.17 bits per heavy atom. The molecular weight excluding hydrogens is 261 g/mol. The molecule has 4 heteroatoms. The molecule has 1 rings (SSSR count). The number of benzene rings is 1. The van der Waals surface area contributed by atoms with Crippen molar-refractivity contribution in [2.75, 3.05) is 6.61 Å². The first-order valence-electron chi connectivity index (χ1n) is 6.31. The Morgan fingerprint density at radius 1 is 1.22 bits per heavy atom. The van der Waals surface area contributed by atoms with E-state index in [1.54, 1.807) is 0 Å². The number of rotatable bonds is 6. The van der Waals surface area contributed by atoms with E-state index in [9.17, 15) is 5.26 Å². The lowest BCUT2D eigenvalue weighted by Crippen LogP contribution is -2.31. The molecule has 0 aromatic heterocycles. The van der Waals surface area contributed by atoms with Crippen molar-refractivity contribution >= 4 is 23.4 Å². The van der Waals surface area contributed by atoms with Crippen molar-refractivity contribution in [2.24, 2.45) is 0 Å². The second-order valence-corrected chi connectivity index (χ2v) is 8.43. The van der Waals surface area contributed by atoms with Crippen LogP contribution in [0.3, 0.4) is 0 Å². The lowest BCUT2D eigenvalue weighted by Gasteiger charge is -2.36. The highest BCUT2D eigenvalue weighted by Crippen LogP contribution is 2.61. The van der Waals surface area contributed by atoms with E-state index in [1.807, 2.05) is 51.1 Å². The van der Waals surface area contributed by atoms with Gasteiger partial charge in [0.2, 0.25) is 0 Å². The summed E-state index contributed by atoms with van der Waals surface area (Å²) < 4.78 is 5.96. The zero-order chi connectivity index (χ0) is 13.6. The first kappa shape index (κ1) is 15.4. The zero-order valence-electron chi connectivity index (χ0n) is 11.2. The predicted octanol–water partition coefficient (Wildman–Crippen LogP) is 3.83. The molecule has 0 aliphatic rings. The molecule has 0 fully saturated rings. The highest BCUT2D eigenvalue weighted by molar-refractivity contribution is 8.16. The van der Waals surface area contributed by atoms with Crippen LogP contribution in [-0.4, -0.2) is 11.8 Å². The minimum atomic E-state index is -2.34. The van der Waals surface area contributed by atoms with Crippen LogP contribution in [0.15, 0.2) is 30.3 Å². The molecule has 0 N–H and O–H groups in total. The summed E-state index contributed by atoms with van der Waals surface area (Å²) in [7, 11) is 0. The van der Waals surface area contributed by atoms with Crippen LogP contribution in [0.25, 0.3) is 0 Å². The molecule has 18 heavy (non-hydrogen) atoms. The number of nitrogens with zero attached hydrogens (tertiary/aromatic N) is 1. The van der Waals surface area contributed by atoms with Gasteiger partial charge in [-0.25, -0.2) is 0 Å². The summed E-state index contributed by atoms with van der Waals surface area (Å²) in [6.45, 7) is 6.54. The highest BCUT2D eigenvalue weighted by Gasteiger charge is 2.44. The van der Waals surface area contributed by atoms with Crippen LogP contribution in [0.2, 0.25) is 0 Å². The first-order chi connectivity index (χ1) is 8.60. The van der Waals surface area contributed by atoms with E-state index in [1.165, 1.54) is 0 Å². The Hall–Kier alpha value is -0.680. The molecule has 0 saturated carbocycles. The summed E-state index contributed by atoms with van der Waals surface area (Å²) in [6.07, 6.45) is -0.884. The van der Waals surface area contributed by atoms with Crippen LogP contribution in [0, 0.1) is 11.3 Å². The van der Waals surface area contributed by atoms with Crippen molar-refractivity contribution in [3.05, 3.63) is 30.3 Å². The van der Waals surface area contributed by atoms with Gasteiger partial charge in [0.05, 0.1) is 6.07 Å². The second-order valence-electron chi connectivity index (χ2n) is 4.16. The van der Waals surface area contributed by atoms with Gasteiger partial charge in [0.15, 0.2) is 0 Å². The third kappa shape index (κ3) is 2.52. The Labute approximate surface area is 115 Å². The van der Waals surface area contributed by atoms with Gasteiger partial charge < -0.3 is 4.52 Å². The molecule has 1 atom stereocenters. The van der Waals surface area contributed by atoms with Crippen molar-refractivity contribution in [1.29, 1.82) is 5.26 Å². The fraction of sp³-hybridized carbons (Fsp3) is 0.500. The summed E-state index contributed by atoms with van der Waals surface area (Å²) in [5.74, 6) is 0. The van der Waals surface area contributed by atoms with Gasteiger partial charge in [-0.3, -0.25) is 0 Å². The minimum absolute atomic E-state index is 0.551. The van der Waals surface area contributed by atoms with E-state index >= 15 is 0 Å². The number of hydrogen-bond donors (Lipinski definition) is 0. The molecule has 0 unspecified atom stereocenters. The molecule has 0 saturated heterocycles. The van der Waals surface area contributed by atoms with E-state index in [0.717, 1.165) is 18.1 Å². The Bertz CT molecular complexity index is 462. The summed E-state index contributed by atoms with van der Waals surface area (Å²) in [4.78, 5) is 0. The van der Waals surface area contributed by atoms with Gasteiger partial charge in [-0.05, 0) is 19.8 Å². The molecule has 0 aliphatic heterocycles. The van der Waals surface area contributed by atoms with Crippen molar-refractivity contribution < 1.29 is 4.52 Å². The van der Waals surface area contributed by atoms with Gasteiger partial charge in [-0.2, -0.15) is 5.26 Å². The molecule has 1 aromatic rings. The quantitative estimate of drug-likeness (QED) is 0.743. The van der Waals surface area contributed by atoms with Gasteiger partial charge >= 0.3 is 0 Å². The minimum Gasteiger partial charge on any atom is -0.345 e. The molecule has 0 heterocycles. The number of nitriles is 1. The summed E-state index contributed by atoms with van der Waals surface area (Å²) in [5, 5.41) is 10.1. The van der Waals surface area contributed by atoms with Gasteiger partial charge in [-0.1, -0.05) is 56.0 Å². The first-order valence-corrected chi connectivity index (χ1v) is 9.03. The van der Waals surface area contributed by atoms with E-state index < -0.39 is 11.4 Å². The van der Waals surface area contributed by atoms with E-state index in [-0.39, 0.29) is 0 Å². The summed E-state index contributed by atoms with van der Waals surface area (Å²) in [5.41, 5.74) is 0. The SMILES string of the molecule is CCO[P@](=S)(c1ccccc1)C(C#N)(CC)CC. The normalized spacial score (nSPS) is 14.8. The van der Waals surface area contributed by atoms with Crippen molar-refractivity contribution in [3.8, 4) is 6.07 Å². The molecule has 98 valence electrons. The molecule has 0 spiro atoms. The average Bonchev–Trinajstić information content (AvgIpc) is 2.42.